The lowest BCUT2D eigenvalue weighted by atomic mass is 9.67. The number of aromatic nitrogens is 1. The number of anilines is 2. The average molecular weight is 865 g/mol. The first kappa shape index (κ1) is 39.5. The van der Waals surface area contributed by atoms with Crippen molar-refractivity contribution in [1.82, 2.24) is 4.98 Å². The molecular formula is C62H44N2OS. The Morgan fingerprint density at radius 1 is 0.591 bits per heavy atom. The Kier molecular flexibility index (Phi) is 10.1. The van der Waals surface area contributed by atoms with E-state index in [2.05, 4.69) is 242 Å². The molecule has 2 aliphatic rings. The standard InChI is InChI=1S/C62H44N2OS/c1-5-19-44(20-6-1)52-29-17-30-53-46(42-65-60(52)53)23-14-13-18-43-32-34-49(35-33-43)64(51-37-39-59-58(41-51)63-61(66-59)45-21-7-2-8-22-45)50-36-38-55-54-28-15-16-31-56(54)62(57(55)40-50,47-24-9-3-10-25-47)48-26-11-4-12-27-48/h1-32,34-43H,33H2/b18-13+,23-14-. The van der Waals surface area contributed by atoms with Gasteiger partial charge in [-0.05, 0) is 87.7 Å². The maximum atomic E-state index is 6.13. The zero-order chi connectivity index (χ0) is 43.9. The lowest BCUT2D eigenvalue weighted by Gasteiger charge is -2.35. The number of fused-ring (bicyclic) bond motifs is 5. The predicted molar refractivity (Wildman–Crippen MR) is 276 cm³/mol. The van der Waals surface area contributed by atoms with Gasteiger partial charge in [0.15, 0.2) is 0 Å². The van der Waals surface area contributed by atoms with Crippen LogP contribution in [0.25, 0.3) is 60.1 Å². The maximum absolute atomic E-state index is 6.13. The van der Waals surface area contributed by atoms with E-state index < -0.39 is 5.41 Å². The van der Waals surface area contributed by atoms with Crippen molar-refractivity contribution in [2.45, 2.75) is 11.8 Å². The van der Waals surface area contributed by atoms with Gasteiger partial charge in [0.25, 0.3) is 0 Å². The highest BCUT2D eigenvalue weighted by Crippen LogP contribution is 2.57. The van der Waals surface area contributed by atoms with Crippen LogP contribution in [0.3, 0.4) is 0 Å². The van der Waals surface area contributed by atoms with Gasteiger partial charge in [-0.1, -0.05) is 206 Å². The minimum Gasteiger partial charge on any atom is -0.463 e. The van der Waals surface area contributed by atoms with Crippen molar-refractivity contribution in [3.8, 4) is 32.8 Å². The van der Waals surface area contributed by atoms with Gasteiger partial charge in [0.05, 0.1) is 21.9 Å². The first-order chi connectivity index (χ1) is 32.7. The van der Waals surface area contributed by atoms with Gasteiger partial charge >= 0.3 is 0 Å². The summed E-state index contributed by atoms with van der Waals surface area (Å²) < 4.78 is 7.30. The molecule has 2 heterocycles. The van der Waals surface area contributed by atoms with Crippen molar-refractivity contribution in [3.63, 3.8) is 0 Å². The molecule has 12 rings (SSSR count). The van der Waals surface area contributed by atoms with Gasteiger partial charge in [0, 0.05) is 39.1 Å². The van der Waals surface area contributed by atoms with Gasteiger partial charge in [0.1, 0.15) is 10.6 Å². The van der Waals surface area contributed by atoms with Gasteiger partial charge in [-0.15, -0.1) is 11.3 Å². The normalized spacial score (nSPS) is 15.1. The topological polar surface area (TPSA) is 29.3 Å². The fourth-order valence-electron chi connectivity index (χ4n) is 10.1. The van der Waals surface area contributed by atoms with Crippen LogP contribution in [0.5, 0.6) is 0 Å². The molecule has 0 N–H and O–H groups in total. The number of allylic oxidation sites excluding steroid dienone is 6. The van der Waals surface area contributed by atoms with E-state index in [9.17, 15) is 0 Å². The van der Waals surface area contributed by atoms with Crippen LogP contribution >= 0.6 is 11.3 Å². The highest BCUT2D eigenvalue weighted by atomic mass is 32.1. The Hall–Kier alpha value is -8.05. The van der Waals surface area contributed by atoms with Gasteiger partial charge in [-0.25, -0.2) is 4.98 Å². The lowest BCUT2D eigenvalue weighted by Crippen LogP contribution is -2.29. The van der Waals surface area contributed by atoms with Gasteiger partial charge in [-0.3, -0.25) is 0 Å². The summed E-state index contributed by atoms with van der Waals surface area (Å²) in [7, 11) is 0. The smallest absolute Gasteiger partial charge is 0.142 e. The number of para-hydroxylation sites is 1. The Balaban J connectivity index is 0.917. The van der Waals surface area contributed by atoms with Crippen molar-refractivity contribution in [2.24, 2.45) is 5.92 Å². The third-order valence-corrected chi connectivity index (χ3v) is 14.3. The van der Waals surface area contributed by atoms with Crippen molar-refractivity contribution < 1.29 is 4.42 Å². The molecule has 314 valence electrons. The second kappa shape index (κ2) is 16.8. The quantitative estimate of drug-likeness (QED) is 0.128. The molecule has 10 aromatic rings. The molecule has 2 aliphatic carbocycles. The van der Waals surface area contributed by atoms with Crippen LogP contribution in [0.15, 0.2) is 253 Å². The average Bonchev–Trinajstić information content (AvgIpc) is 4.10. The molecule has 0 bridgehead atoms. The van der Waals surface area contributed by atoms with Crippen LogP contribution in [-0.2, 0) is 5.41 Å². The van der Waals surface area contributed by atoms with Crippen molar-refractivity contribution in [1.29, 1.82) is 0 Å². The molecule has 0 aliphatic heterocycles. The number of nitrogens with zero attached hydrogens (tertiary/aromatic N) is 2. The van der Waals surface area contributed by atoms with Gasteiger partial charge < -0.3 is 9.32 Å². The molecule has 0 fully saturated rings. The number of rotatable bonds is 10. The van der Waals surface area contributed by atoms with Crippen LogP contribution in [0.4, 0.5) is 11.4 Å². The van der Waals surface area contributed by atoms with Crippen molar-refractivity contribution in [3.05, 3.63) is 276 Å². The Bertz CT molecular complexity index is 3470. The Labute approximate surface area is 389 Å². The lowest BCUT2D eigenvalue weighted by molar-refractivity contribution is 0.616. The van der Waals surface area contributed by atoms with Gasteiger partial charge in [-0.2, -0.15) is 0 Å². The first-order valence-electron chi connectivity index (χ1n) is 22.6. The molecule has 4 heteroatoms. The molecule has 0 saturated carbocycles. The molecule has 1 unspecified atom stereocenters. The van der Waals surface area contributed by atoms with E-state index in [4.69, 9.17) is 9.40 Å². The summed E-state index contributed by atoms with van der Waals surface area (Å²) in [5.41, 5.74) is 16.8. The van der Waals surface area contributed by atoms with Crippen LogP contribution in [0.2, 0.25) is 0 Å². The summed E-state index contributed by atoms with van der Waals surface area (Å²) in [5.74, 6) is 0.249. The summed E-state index contributed by atoms with van der Waals surface area (Å²) in [4.78, 5) is 7.62. The minimum absolute atomic E-state index is 0.249. The van der Waals surface area contributed by atoms with E-state index in [0.717, 1.165) is 67.2 Å². The molecule has 66 heavy (non-hydrogen) atoms. The zero-order valence-electron chi connectivity index (χ0n) is 36.2. The van der Waals surface area contributed by atoms with Crippen LogP contribution in [0.1, 0.15) is 34.2 Å². The second-order valence-electron chi connectivity index (χ2n) is 17.0. The maximum Gasteiger partial charge on any atom is 0.142 e. The molecule has 0 radical (unpaired) electrons. The van der Waals surface area contributed by atoms with E-state index >= 15 is 0 Å². The first-order valence-corrected chi connectivity index (χ1v) is 23.4. The number of benzene rings is 8. The van der Waals surface area contributed by atoms with Crippen LogP contribution in [-0.4, -0.2) is 4.98 Å². The van der Waals surface area contributed by atoms with E-state index in [1.165, 1.54) is 38.1 Å². The number of hydrogen-bond acceptors (Lipinski definition) is 4. The van der Waals surface area contributed by atoms with Gasteiger partial charge in [0.2, 0.25) is 0 Å². The monoisotopic (exact) mass is 864 g/mol. The van der Waals surface area contributed by atoms with Crippen LogP contribution in [0, 0.1) is 5.92 Å². The summed E-state index contributed by atoms with van der Waals surface area (Å²) in [6.45, 7) is 0. The second-order valence-corrected chi connectivity index (χ2v) is 18.0. The molecule has 1 atom stereocenters. The van der Waals surface area contributed by atoms with E-state index in [1.807, 2.05) is 12.3 Å². The molecule has 2 aromatic heterocycles. The molecule has 8 aromatic carbocycles. The Morgan fingerprint density at radius 2 is 1.24 bits per heavy atom. The van der Waals surface area contributed by atoms with Crippen molar-refractivity contribution in [2.75, 3.05) is 4.90 Å². The third-order valence-electron chi connectivity index (χ3n) is 13.2. The largest absolute Gasteiger partial charge is 0.463 e. The van der Waals surface area contributed by atoms with E-state index in [-0.39, 0.29) is 5.92 Å². The van der Waals surface area contributed by atoms with E-state index in [0.29, 0.717) is 0 Å². The highest BCUT2D eigenvalue weighted by molar-refractivity contribution is 7.21. The molecule has 0 saturated heterocycles. The number of furan rings is 1. The minimum atomic E-state index is -0.507. The summed E-state index contributed by atoms with van der Waals surface area (Å²) in [6, 6.07) is 72.1. The van der Waals surface area contributed by atoms with Crippen molar-refractivity contribution >= 4 is 50.0 Å². The molecular weight excluding hydrogens is 821 g/mol. The Morgan fingerprint density at radius 3 is 1.98 bits per heavy atom. The van der Waals surface area contributed by atoms with Crippen LogP contribution < -0.4 is 4.90 Å². The molecule has 0 amide bonds. The summed E-state index contributed by atoms with van der Waals surface area (Å²) in [5, 5.41) is 2.14. The summed E-state index contributed by atoms with van der Waals surface area (Å²) in [6.07, 6.45) is 18.5. The zero-order valence-corrected chi connectivity index (χ0v) is 37.0. The predicted octanol–water partition coefficient (Wildman–Crippen LogP) is 16.6. The van der Waals surface area contributed by atoms with E-state index in [1.54, 1.807) is 11.3 Å². The number of hydrogen-bond donors (Lipinski definition) is 0. The third kappa shape index (κ3) is 6.86. The molecule has 0 spiro atoms. The number of thiazole rings is 1. The molecule has 3 nitrogen and oxygen atoms in total. The highest BCUT2D eigenvalue weighted by Gasteiger charge is 2.46. The SMILES string of the molecule is C1=CC(/C=C/C=C\c2coc3c(-c4ccccc4)cccc23)CC=C1N(c1ccc2c(c1)C(c1ccccc1)(c1ccccc1)c1ccccc1-2)c1ccc2sc(-c3ccccc3)nc2c1. The fourth-order valence-corrected chi connectivity index (χ4v) is 11.1. The fraction of sp³-hybridized carbons (Fsp3) is 0.0484. The summed E-state index contributed by atoms with van der Waals surface area (Å²) >= 11 is 1.74.